The van der Waals surface area contributed by atoms with E-state index in [0.29, 0.717) is 6.54 Å². The maximum absolute atomic E-state index is 12.0. The summed E-state index contributed by atoms with van der Waals surface area (Å²) in [6, 6.07) is 16.0. The van der Waals surface area contributed by atoms with E-state index >= 15 is 0 Å². The van der Waals surface area contributed by atoms with Crippen molar-refractivity contribution in [2.24, 2.45) is 0 Å². The van der Waals surface area contributed by atoms with Crippen LogP contribution in [-0.2, 0) is 6.54 Å². The summed E-state index contributed by atoms with van der Waals surface area (Å²) in [6.45, 7) is 0.626. The molecule has 0 aliphatic heterocycles. The van der Waals surface area contributed by atoms with Gasteiger partial charge in [0, 0.05) is 4.47 Å². The zero-order valence-corrected chi connectivity index (χ0v) is 11.9. The maximum Gasteiger partial charge on any atom is 0.308 e. The molecule has 2 nitrogen and oxygen atoms in total. The highest BCUT2D eigenvalue weighted by atomic mass is 79.9. The summed E-state index contributed by atoms with van der Waals surface area (Å²) in [4.78, 5) is 12.1. The van der Waals surface area contributed by atoms with Crippen LogP contribution in [0.2, 0.25) is 0 Å². The molecule has 1 heterocycles. The predicted octanol–water partition coefficient (Wildman–Crippen LogP) is 3.87. The average Bonchev–Trinajstić information content (AvgIpc) is 2.66. The number of fused-ring (bicyclic) bond motifs is 1. The van der Waals surface area contributed by atoms with Crippen molar-refractivity contribution < 1.29 is 0 Å². The standard InChI is InChI=1S/C14H10BrNOS/c15-11-6-7-12-13(8-11)18-14(17)16(12)9-10-4-2-1-3-5-10/h1-8H,9H2. The third kappa shape index (κ3) is 2.13. The molecule has 0 aliphatic rings. The van der Waals surface area contributed by atoms with Crippen LogP contribution in [0.3, 0.4) is 0 Å². The van der Waals surface area contributed by atoms with Crippen LogP contribution in [0.15, 0.2) is 57.8 Å². The van der Waals surface area contributed by atoms with Gasteiger partial charge in [0.25, 0.3) is 0 Å². The molecule has 0 aliphatic carbocycles. The molecule has 0 saturated carbocycles. The average molecular weight is 320 g/mol. The lowest BCUT2D eigenvalue weighted by Gasteiger charge is -2.03. The Labute approximate surface area is 117 Å². The second-order valence-electron chi connectivity index (χ2n) is 4.05. The molecule has 0 bridgehead atoms. The van der Waals surface area contributed by atoms with Gasteiger partial charge in [-0.25, -0.2) is 0 Å². The Balaban J connectivity index is 2.12. The number of rotatable bonds is 2. The molecule has 18 heavy (non-hydrogen) atoms. The molecule has 0 atom stereocenters. The van der Waals surface area contributed by atoms with Crippen molar-refractivity contribution in [1.29, 1.82) is 0 Å². The van der Waals surface area contributed by atoms with E-state index in [2.05, 4.69) is 15.9 Å². The fourth-order valence-corrected chi connectivity index (χ4v) is 3.40. The van der Waals surface area contributed by atoms with E-state index in [1.54, 1.807) is 0 Å². The van der Waals surface area contributed by atoms with Gasteiger partial charge < -0.3 is 0 Å². The van der Waals surface area contributed by atoms with Crippen molar-refractivity contribution >= 4 is 37.5 Å². The number of aromatic nitrogens is 1. The lowest BCUT2D eigenvalue weighted by Crippen LogP contribution is -2.13. The lowest BCUT2D eigenvalue weighted by atomic mass is 10.2. The molecule has 0 fully saturated rings. The van der Waals surface area contributed by atoms with Gasteiger partial charge in [0.05, 0.1) is 16.8 Å². The third-order valence-corrected chi connectivity index (χ3v) is 4.25. The monoisotopic (exact) mass is 319 g/mol. The summed E-state index contributed by atoms with van der Waals surface area (Å²) in [6.07, 6.45) is 0. The highest BCUT2D eigenvalue weighted by Crippen LogP contribution is 2.22. The smallest absolute Gasteiger partial charge is 0.294 e. The minimum absolute atomic E-state index is 0.0898. The Morgan fingerprint density at radius 3 is 2.67 bits per heavy atom. The van der Waals surface area contributed by atoms with Gasteiger partial charge in [0.15, 0.2) is 0 Å². The quantitative estimate of drug-likeness (QED) is 0.702. The van der Waals surface area contributed by atoms with E-state index in [0.717, 1.165) is 20.3 Å². The van der Waals surface area contributed by atoms with Crippen molar-refractivity contribution in [3.05, 3.63) is 68.2 Å². The van der Waals surface area contributed by atoms with Crippen molar-refractivity contribution in [2.75, 3.05) is 0 Å². The lowest BCUT2D eigenvalue weighted by molar-refractivity contribution is 0.816. The Morgan fingerprint density at radius 2 is 1.89 bits per heavy atom. The van der Waals surface area contributed by atoms with E-state index in [1.807, 2.05) is 53.1 Å². The Kier molecular flexibility index (Phi) is 3.06. The third-order valence-electron chi connectivity index (χ3n) is 2.81. The second-order valence-corrected chi connectivity index (χ2v) is 5.96. The molecule has 0 spiro atoms. The fourth-order valence-electron chi connectivity index (χ4n) is 1.96. The van der Waals surface area contributed by atoms with Crippen LogP contribution in [-0.4, -0.2) is 4.57 Å². The molecule has 2 aromatic carbocycles. The van der Waals surface area contributed by atoms with Crippen LogP contribution < -0.4 is 4.87 Å². The number of halogens is 1. The molecule has 3 aromatic rings. The van der Waals surface area contributed by atoms with Crippen molar-refractivity contribution in [3.63, 3.8) is 0 Å². The van der Waals surface area contributed by atoms with E-state index in [9.17, 15) is 4.79 Å². The van der Waals surface area contributed by atoms with Gasteiger partial charge in [-0.1, -0.05) is 57.6 Å². The highest BCUT2D eigenvalue weighted by molar-refractivity contribution is 9.10. The minimum atomic E-state index is 0.0898. The van der Waals surface area contributed by atoms with E-state index in [4.69, 9.17) is 0 Å². The van der Waals surface area contributed by atoms with Gasteiger partial charge in [-0.2, -0.15) is 0 Å². The van der Waals surface area contributed by atoms with Crippen molar-refractivity contribution in [1.82, 2.24) is 4.57 Å². The summed E-state index contributed by atoms with van der Waals surface area (Å²) in [7, 11) is 0. The second kappa shape index (κ2) is 4.71. The largest absolute Gasteiger partial charge is 0.308 e. The summed E-state index contributed by atoms with van der Waals surface area (Å²) in [5, 5.41) is 0. The topological polar surface area (TPSA) is 22.0 Å². The van der Waals surface area contributed by atoms with Crippen LogP contribution in [0.4, 0.5) is 0 Å². The Hall–Kier alpha value is -1.39. The molecular formula is C14H10BrNOS. The summed E-state index contributed by atoms with van der Waals surface area (Å²) >= 11 is 4.72. The van der Waals surface area contributed by atoms with Gasteiger partial charge in [0.2, 0.25) is 0 Å². The highest BCUT2D eigenvalue weighted by Gasteiger charge is 2.07. The van der Waals surface area contributed by atoms with E-state index in [-0.39, 0.29) is 4.87 Å². The first-order chi connectivity index (χ1) is 8.74. The molecule has 0 radical (unpaired) electrons. The summed E-state index contributed by atoms with van der Waals surface area (Å²) in [5.74, 6) is 0. The normalized spacial score (nSPS) is 10.9. The molecule has 0 N–H and O–H groups in total. The number of thiazole rings is 1. The molecule has 3 rings (SSSR count). The van der Waals surface area contributed by atoms with Crippen LogP contribution in [0.1, 0.15) is 5.56 Å². The Morgan fingerprint density at radius 1 is 1.11 bits per heavy atom. The molecule has 4 heteroatoms. The van der Waals surface area contributed by atoms with Gasteiger partial charge >= 0.3 is 4.87 Å². The number of nitrogens with zero attached hydrogens (tertiary/aromatic N) is 1. The van der Waals surface area contributed by atoms with E-state index < -0.39 is 0 Å². The van der Waals surface area contributed by atoms with Crippen LogP contribution in [0, 0.1) is 0 Å². The number of hydrogen-bond acceptors (Lipinski definition) is 2. The van der Waals surface area contributed by atoms with Crippen LogP contribution in [0.25, 0.3) is 10.2 Å². The zero-order valence-electron chi connectivity index (χ0n) is 9.47. The minimum Gasteiger partial charge on any atom is -0.294 e. The van der Waals surface area contributed by atoms with Crippen molar-refractivity contribution in [3.8, 4) is 0 Å². The first-order valence-corrected chi connectivity index (χ1v) is 7.18. The molecule has 90 valence electrons. The van der Waals surface area contributed by atoms with Crippen molar-refractivity contribution in [2.45, 2.75) is 6.54 Å². The molecular weight excluding hydrogens is 310 g/mol. The van der Waals surface area contributed by atoms with E-state index in [1.165, 1.54) is 11.3 Å². The SMILES string of the molecule is O=c1sc2cc(Br)ccc2n1Cc1ccccc1. The Bertz CT molecular complexity index is 745. The summed E-state index contributed by atoms with van der Waals surface area (Å²) < 4.78 is 3.84. The van der Waals surface area contributed by atoms with Gasteiger partial charge in [0.1, 0.15) is 0 Å². The molecule has 1 aromatic heterocycles. The van der Waals surface area contributed by atoms with Gasteiger partial charge in [-0.15, -0.1) is 0 Å². The van der Waals surface area contributed by atoms with Crippen LogP contribution in [0.5, 0.6) is 0 Å². The maximum atomic E-state index is 12.0. The van der Waals surface area contributed by atoms with Gasteiger partial charge in [-0.05, 0) is 23.8 Å². The molecule has 0 unspecified atom stereocenters. The zero-order chi connectivity index (χ0) is 12.5. The fraction of sp³-hybridized carbons (Fsp3) is 0.0714. The number of benzene rings is 2. The van der Waals surface area contributed by atoms with Gasteiger partial charge in [-0.3, -0.25) is 9.36 Å². The first-order valence-electron chi connectivity index (χ1n) is 5.57. The summed E-state index contributed by atoms with van der Waals surface area (Å²) in [5.41, 5.74) is 2.14. The molecule has 0 amide bonds. The van der Waals surface area contributed by atoms with Crippen LogP contribution >= 0.6 is 27.3 Å². The molecule has 0 saturated heterocycles. The number of hydrogen-bond donors (Lipinski definition) is 0. The predicted molar refractivity (Wildman–Crippen MR) is 79.3 cm³/mol. The first kappa shape index (κ1) is 11.7.